The van der Waals surface area contributed by atoms with E-state index >= 15 is 0 Å². The second kappa shape index (κ2) is 11.1. The highest BCUT2D eigenvalue weighted by atomic mass is 16.4. The van der Waals surface area contributed by atoms with Gasteiger partial charge in [0.1, 0.15) is 6.04 Å². The first-order chi connectivity index (χ1) is 16.0. The molecule has 4 rings (SSSR count). The van der Waals surface area contributed by atoms with Gasteiger partial charge in [-0.3, -0.25) is 14.4 Å². The third kappa shape index (κ3) is 5.75. The van der Waals surface area contributed by atoms with Crippen LogP contribution in [0.2, 0.25) is 0 Å². The van der Waals surface area contributed by atoms with E-state index in [1.165, 1.54) is 25.7 Å². The SMILES string of the molecule is O=C(O)[C@H]1NCCC1N(Cc1ccccc1)C(=O)CCCC(=O)N1CCCC2CCCCC21. The van der Waals surface area contributed by atoms with Crippen molar-refractivity contribution in [2.24, 2.45) is 5.92 Å². The van der Waals surface area contributed by atoms with Crippen LogP contribution < -0.4 is 5.32 Å². The molecule has 33 heavy (non-hydrogen) atoms. The third-order valence-corrected chi connectivity index (χ3v) is 7.72. The molecule has 2 heterocycles. The number of carboxylic acids is 1. The molecule has 1 aliphatic carbocycles. The van der Waals surface area contributed by atoms with E-state index in [9.17, 15) is 19.5 Å². The summed E-state index contributed by atoms with van der Waals surface area (Å²) in [5.74, 6) is -0.159. The maximum atomic E-state index is 13.3. The quantitative estimate of drug-likeness (QED) is 0.628. The van der Waals surface area contributed by atoms with Crippen molar-refractivity contribution in [1.82, 2.24) is 15.1 Å². The molecule has 1 saturated carbocycles. The van der Waals surface area contributed by atoms with Crippen molar-refractivity contribution >= 4 is 17.8 Å². The highest BCUT2D eigenvalue weighted by Crippen LogP contribution is 2.35. The minimum atomic E-state index is -0.925. The molecule has 7 heteroatoms. The lowest BCUT2D eigenvalue weighted by atomic mass is 9.78. The molecule has 180 valence electrons. The molecule has 7 nitrogen and oxygen atoms in total. The fraction of sp³-hybridized carbons (Fsp3) is 0.654. The molecule has 0 aromatic heterocycles. The Bertz CT molecular complexity index is 828. The van der Waals surface area contributed by atoms with Crippen molar-refractivity contribution in [2.45, 2.75) is 88.9 Å². The van der Waals surface area contributed by atoms with Crippen molar-refractivity contribution in [1.29, 1.82) is 0 Å². The monoisotopic (exact) mass is 455 g/mol. The molecule has 2 aliphatic heterocycles. The number of amides is 2. The Balaban J connectivity index is 1.36. The first kappa shape index (κ1) is 23.7. The normalized spacial score (nSPS) is 27.1. The number of benzene rings is 1. The van der Waals surface area contributed by atoms with Crippen molar-refractivity contribution < 1.29 is 19.5 Å². The van der Waals surface area contributed by atoms with Gasteiger partial charge in [0.2, 0.25) is 11.8 Å². The average Bonchev–Trinajstić information content (AvgIpc) is 3.32. The number of aliphatic carboxylic acids is 1. The fourth-order valence-corrected chi connectivity index (χ4v) is 6.06. The van der Waals surface area contributed by atoms with Gasteiger partial charge in [-0.2, -0.15) is 0 Å². The second-order valence-corrected chi connectivity index (χ2v) is 9.83. The first-order valence-corrected chi connectivity index (χ1v) is 12.6. The van der Waals surface area contributed by atoms with Crippen molar-refractivity contribution in [3.05, 3.63) is 35.9 Å². The number of hydrogen-bond acceptors (Lipinski definition) is 4. The highest BCUT2D eigenvalue weighted by molar-refractivity contribution is 5.81. The molecule has 3 unspecified atom stereocenters. The number of likely N-dealkylation sites (tertiary alicyclic amines) is 1. The minimum absolute atomic E-state index is 0.0687. The smallest absolute Gasteiger partial charge is 0.322 e. The summed E-state index contributed by atoms with van der Waals surface area (Å²) < 4.78 is 0. The van der Waals surface area contributed by atoms with Gasteiger partial charge in [-0.1, -0.05) is 43.2 Å². The Morgan fingerprint density at radius 1 is 1.00 bits per heavy atom. The lowest BCUT2D eigenvalue weighted by Crippen LogP contribution is -2.50. The molecular weight excluding hydrogens is 418 g/mol. The van der Waals surface area contributed by atoms with Gasteiger partial charge in [-0.15, -0.1) is 0 Å². The number of hydrogen-bond donors (Lipinski definition) is 2. The highest BCUT2D eigenvalue weighted by Gasteiger charge is 2.39. The molecule has 0 radical (unpaired) electrons. The van der Waals surface area contributed by atoms with E-state index in [4.69, 9.17) is 0 Å². The van der Waals surface area contributed by atoms with Crippen LogP contribution in [0.4, 0.5) is 0 Å². The summed E-state index contributed by atoms with van der Waals surface area (Å²) in [7, 11) is 0. The van der Waals surface area contributed by atoms with Crippen LogP contribution in [0.3, 0.4) is 0 Å². The van der Waals surface area contributed by atoms with Crippen LogP contribution in [0.25, 0.3) is 0 Å². The largest absolute Gasteiger partial charge is 0.480 e. The van der Waals surface area contributed by atoms with E-state index < -0.39 is 12.0 Å². The van der Waals surface area contributed by atoms with Gasteiger partial charge in [0, 0.05) is 32.0 Å². The summed E-state index contributed by atoms with van der Waals surface area (Å²) in [6.45, 7) is 1.82. The molecule has 3 aliphatic rings. The number of rotatable bonds is 8. The van der Waals surface area contributed by atoms with Crippen LogP contribution >= 0.6 is 0 Å². The molecule has 2 N–H and O–H groups in total. The summed E-state index contributed by atoms with van der Waals surface area (Å²) in [6.07, 6.45) is 8.94. The molecule has 2 saturated heterocycles. The lowest BCUT2D eigenvalue weighted by molar-refractivity contribution is -0.143. The second-order valence-electron chi connectivity index (χ2n) is 9.83. The number of carboxylic acid groups (broad SMARTS) is 1. The number of nitrogens with zero attached hydrogens (tertiary/aromatic N) is 2. The molecule has 0 spiro atoms. The maximum absolute atomic E-state index is 13.3. The van der Waals surface area contributed by atoms with Crippen LogP contribution in [0.15, 0.2) is 30.3 Å². The number of nitrogens with one attached hydrogen (secondary N) is 1. The van der Waals surface area contributed by atoms with E-state index in [0.717, 1.165) is 24.9 Å². The van der Waals surface area contributed by atoms with Crippen LogP contribution in [-0.4, -0.2) is 63.9 Å². The van der Waals surface area contributed by atoms with E-state index in [1.54, 1.807) is 4.90 Å². The number of fused-ring (bicyclic) bond motifs is 1. The fourth-order valence-electron chi connectivity index (χ4n) is 6.06. The molecule has 0 bridgehead atoms. The zero-order valence-electron chi connectivity index (χ0n) is 19.5. The molecule has 1 aromatic carbocycles. The van der Waals surface area contributed by atoms with E-state index in [0.29, 0.717) is 44.3 Å². The van der Waals surface area contributed by atoms with Crippen molar-refractivity contribution in [2.75, 3.05) is 13.1 Å². The number of carbonyl (C=O) groups excluding carboxylic acids is 2. The summed E-state index contributed by atoms with van der Waals surface area (Å²) in [4.78, 5) is 41.8. The lowest BCUT2D eigenvalue weighted by Gasteiger charge is -2.44. The van der Waals surface area contributed by atoms with Crippen LogP contribution in [0, 0.1) is 5.92 Å². The zero-order valence-corrected chi connectivity index (χ0v) is 19.5. The van der Waals surface area contributed by atoms with Gasteiger partial charge in [-0.05, 0) is 56.6 Å². The standard InChI is InChI=1S/C26H37N3O4/c30-23(28-17-7-11-20-10-4-5-12-21(20)28)13-6-14-24(31)29(18-19-8-2-1-3-9-19)22-15-16-27-25(22)26(32)33/h1-3,8-9,20-22,25,27H,4-7,10-18H2,(H,32,33)/t20?,21?,22?,25-/m0/s1. The zero-order chi connectivity index (χ0) is 23.2. The van der Waals surface area contributed by atoms with Gasteiger partial charge < -0.3 is 20.2 Å². The van der Waals surface area contributed by atoms with Crippen molar-refractivity contribution in [3.63, 3.8) is 0 Å². The summed E-state index contributed by atoms with van der Waals surface area (Å²) in [5, 5.41) is 12.6. The molecule has 4 atom stereocenters. The third-order valence-electron chi connectivity index (χ3n) is 7.72. The molecule has 2 amide bonds. The Kier molecular flexibility index (Phi) is 8.02. The van der Waals surface area contributed by atoms with E-state index in [-0.39, 0.29) is 24.3 Å². The van der Waals surface area contributed by atoms with Crippen LogP contribution in [0.5, 0.6) is 0 Å². The Labute approximate surface area is 196 Å². The summed E-state index contributed by atoms with van der Waals surface area (Å²) in [6, 6.07) is 8.96. The van der Waals surface area contributed by atoms with Crippen molar-refractivity contribution in [3.8, 4) is 0 Å². The Morgan fingerprint density at radius 2 is 1.76 bits per heavy atom. The van der Waals surface area contributed by atoms with E-state index in [1.807, 2.05) is 30.3 Å². The minimum Gasteiger partial charge on any atom is -0.480 e. The van der Waals surface area contributed by atoms with Gasteiger partial charge in [0.25, 0.3) is 0 Å². The predicted octanol–water partition coefficient (Wildman–Crippen LogP) is 3.18. The van der Waals surface area contributed by atoms with Gasteiger partial charge in [0.05, 0.1) is 6.04 Å². The number of carbonyl (C=O) groups is 3. The Morgan fingerprint density at radius 3 is 2.55 bits per heavy atom. The van der Waals surface area contributed by atoms with Gasteiger partial charge in [-0.25, -0.2) is 0 Å². The average molecular weight is 456 g/mol. The van der Waals surface area contributed by atoms with E-state index in [2.05, 4.69) is 10.2 Å². The Hall–Kier alpha value is -2.41. The molecule has 1 aromatic rings. The van der Waals surface area contributed by atoms with Gasteiger partial charge in [0.15, 0.2) is 0 Å². The summed E-state index contributed by atoms with van der Waals surface area (Å²) in [5.41, 5.74) is 0.981. The topological polar surface area (TPSA) is 90.0 Å². The molecule has 3 fully saturated rings. The predicted molar refractivity (Wildman–Crippen MR) is 125 cm³/mol. The van der Waals surface area contributed by atoms with Crippen LogP contribution in [0.1, 0.15) is 69.8 Å². The summed E-state index contributed by atoms with van der Waals surface area (Å²) >= 11 is 0. The maximum Gasteiger partial charge on any atom is 0.322 e. The first-order valence-electron chi connectivity index (χ1n) is 12.6. The van der Waals surface area contributed by atoms with Gasteiger partial charge >= 0.3 is 5.97 Å². The molecular formula is C26H37N3O4. The number of piperidine rings is 1. The van der Waals surface area contributed by atoms with Crippen LogP contribution in [-0.2, 0) is 20.9 Å².